The second-order valence-corrected chi connectivity index (χ2v) is 2.75. The van der Waals surface area contributed by atoms with Crippen LogP contribution in [0.3, 0.4) is 0 Å². The smallest absolute Gasteiger partial charge is 0.293 e. The summed E-state index contributed by atoms with van der Waals surface area (Å²) < 4.78 is 4.70. The first-order valence-corrected chi connectivity index (χ1v) is 3.81. The minimum atomic E-state index is -0.298. The van der Waals surface area contributed by atoms with Crippen LogP contribution in [0.15, 0.2) is 18.5 Å². The zero-order valence-corrected chi connectivity index (χ0v) is 7.28. The number of aromatic nitrogens is 1. The molecule has 0 amide bonds. The van der Waals surface area contributed by atoms with Gasteiger partial charge in [0.05, 0.1) is 5.02 Å². The molecule has 1 unspecified atom stereocenters. The number of hydrogen-bond acceptors (Lipinski definition) is 3. The molecule has 0 fully saturated rings. The summed E-state index contributed by atoms with van der Waals surface area (Å²) in [5.74, 6) is 0. The van der Waals surface area contributed by atoms with Gasteiger partial charge in [-0.05, 0) is 13.0 Å². The van der Waals surface area contributed by atoms with Gasteiger partial charge >= 0.3 is 0 Å². The third-order valence-corrected chi connectivity index (χ3v) is 1.66. The average molecular weight is 186 g/mol. The van der Waals surface area contributed by atoms with Gasteiger partial charge in [-0.3, -0.25) is 9.78 Å². The van der Waals surface area contributed by atoms with E-state index in [0.717, 1.165) is 5.56 Å². The fourth-order valence-electron chi connectivity index (χ4n) is 0.813. The molecule has 0 saturated carbocycles. The summed E-state index contributed by atoms with van der Waals surface area (Å²) in [6, 6.07) is 1.71. The zero-order valence-electron chi connectivity index (χ0n) is 6.53. The highest BCUT2D eigenvalue weighted by molar-refractivity contribution is 6.30. The van der Waals surface area contributed by atoms with Crippen LogP contribution in [-0.2, 0) is 9.53 Å². The average Bonchev–Trinajstić information content (AvgIpc) is 2.05. The SMILES string of the molecule is CC(OC=O)c1cncc(Cl)c1. The van der Waals surface area contributed by atoms with Gasteiger partial charge < -0.3 is 4.74 Å². The van der Waals surface area contributed by atoms with Gasteiger partial charge in [-0.15, -0.1) is 0 Å². The highest BCUT2D eigenvalue weighted by atomic mass is 35.5. The molecule has 1 atom stereocenters. The van der Waals surface area contributed by atoms with Crippen molar-refractivity contribution in [2.24, 2.45) is 0 Å². The second-order valence-electron chi connectivity index (χ2n) is 2.31. The van der Waals surface area contributed by atoms with E-state index in [9.17, 15) is 4.79 Å². The molecule has 1 heterocycles. The molecular formula is C8H8ClNO2. The molecule has 0 aliphatic heterocycles. The molecule has 0 aromatic carbocycles. The Kier molecular flexibility index (Phi) is 3.05. The maximum absolute atomic E-state index is 10.00. The normalized spacial score (nSPS) is 12.2. The fourth-order valence-corrected chi connectivity index (χ4v) is 0.995. The largest absolute Gasteiger partial charge is 0.460 e. The second kappa shape index (κ2) is 4.07. The van der Waals surface area contributed by atoms with Crippen LogP contribution in [0.5, 0.6) is 0 Å². The summed E-state index contributed by atoms with van der Waals surface area (Å²) in [4.78, 5) is 13.9. The Balaban J connectivity index is 2.80. The van der Waals surface area contributed by atoms with E-state index < -0.39 is 0 Å². The van der Waals surface area contributed by atoms with Gasteiger partial charge in [-0.1, -0.05) is 11.6 Å². The highest BCUT2D eigenvalue weighted by Gasteiger charge is 2.05. The van der Waals surface area contributed by atoms with Crippen molar-refractivity contribution in [2.45, 2.75) is 13.0 Å². The fraction of sp³-hybridized carbons (Fsp3) is 0.250. The van der Waals surface area contributed by atoms with Crippen LogP contribution in [0, 0.1) is 0 Å². The van der Waals surface area contributed by atoms with Crippen molar-refractivity contribution in [2.75, 3.05) is 0 Å². The Morgan fingerprint density at radius 1 is 1.67 bits per heavy atom. The van der Waals surface area contributed by atoms with E-state index >= 15 is 0 Å². The van der Waals surface area contributed by atoms with E-state index in [0.29, 0.717) is 11.5 Å². The van der Waals surface area contributed by atoms with Crippen LogP contribution < -0.4 is 0 Å². The summed E-state index contributed by atoms with van der Waals surface area (Å²) in [6.45, 7) is 2.16. The predicted molar refractivity (Wildman–Crippen MR) is 44.8 cm³/mol. The van der Waals surface area contributed by atoms with Crippen molar-refractivity contribution in [3.8, 4) is 0 Å². The van der Waals surface area contributed by atoms with Crippen LogP contribution in [0.25, 0.3) is 0 Å². The molecule has 0 radical (unpaired) electrons. The standard InChI is InChI=1S/C8H8ClNO2/c1-6(12-5-11)7-2-8(9)4-10-3-7/h2-6H,1H3. The number of nitrogens with zero attached hydrogens (tertiary/aromatic N) is 1. The summed E-state index contributed by atoms with van der Waals surface area (Å²) in [5, 5.41) is 0.536. The Bertz CT molecular complexity index is 278. The van der Waals surface area contributed by atoms with Gasteiger partial charge in [0, 0.05) is 18.0 Å². The molecule has 4 heteroatoms. The van der Waals surface area contributed by atoms with E-state index in [4.69, 9.17) is 16.3 Å². The first-order chi connectivity index (χ1) is 5.74. The van der Waals surface area contributed by atoms with Crippen molar-refractivity contribution in [3.63, 3.8) is 0 Å². The lowest BCUT2D eigenvalue weighted by molar-refractivity contribution is -0.133. The quantitative estimate of drug-likeness (QED) is 0.676. The Morgan fingerprint density at radius 3 is 3.00 bits per heavy atom. The van der Waals surface area contributed by atoms with E-state index in [1.54, 1.807) is 19.2 Å². The van der Waals surface area contributed by atoms with Gasteiger partial charge in [0.2, 0.25) is 0 Å². The number of hydrogen-bond donors (Lipinski definition) is 0. The summed E-state index contributed by atoms with van der Waals surface area (Å²) in [7, 11) is 0. The van der Waals surface area contributed by atoms with Crippen molar-refractivity contribution in [3.05, 3.63) is 29.0 Å². The van der Waals surface area contributed by atoms with Gasteiger partial charge in [0.1, 0.15) is 6.10 Å². The van der Waals surface area contributed by atoms with Crippen LogP contribution in [0.1, 0.15) is 18.6 Å². The minimum Gasteiger partial charge on any atom is -0.460 e. The van der Waals surface area contributed by atoms with Crippen LogP contribution in [0.2, 0.25) is 5.02 Å². The van der Waals surface area contributed by atoms with Crippen molar-refractivity contribution >= 4 is 18.1 Å². The summed E-state index contributed by atoms with van der Waals surface area (Å²) in [6.07, 6.45) is 2.84. The van der Waals surface area contributed by atoms with E-state index in [-0.39, 0.29) is 6.10 Å². The predicted octanol–water partition coefficient (Wildman–Crippen LogP) is 1.97. The monoisotopic (exact) mass is 185 g/mol. The molecule has 0 bridgehead atoms. The number of rotatable bonds is 3. The summed E-state index contributed by atoms with van der Waals surface area (Å²) in [5.41, 5.74) is 0.787. The molecular weight excluding hydrogens is 178 g/mol. The van der Waals surface area contributed by atoms with Gasteiger partial charge in [0.15, 0.2) is 0 Å². The zero-order chi connectivity index (χ0) is 8.97. The molecule has 1 aromatic heterocycles. The molecule has 3 nitrogen and oxygen atoms in total. The van der Waals surface area contributed by atoms with E-state index in [1.807, 2.05) is 0 Å². The number of ether oxygens (including phenoxy) is 1. The molecule has 0 saturated heterocycles. The molecule has 0 aliphatic carbocycles. The summed E-state index contributed by atoms with van der Waals surface area (Å²) >= 11 is 5.68. The molecule has 1 rings (SSSR count). The van der Waals surface area contributed by atoms with Crippen LogP contribution in [-0.4, -0.2) is 11.5 Å². The van der Waals surface area contributed by atoms with Crippen molar-refractivity contribution in [1.29, 1.82) is 0 Å². The lowest BCUT2D eigenvalue weighted by Crippen LogP contribution is -1.98. The third kappa shape index (κ3) is 2.20. The van der Waals surface area contributed by atoms with Crippen molar-refractivity contribution < 1.29 is 9.53 Å². The minimum absolute atomic E-state index is 0.298. The van der Waals surface area contributed by atoms with Gasteiger partial charge in [-0.25, -0.2) is 0 Å². The highest BCUT2D eigenvalue weighted by Crippen LogP contribution is 2.17. The molecule has 0 aliphatic rings. The molecule has 1 aromatic rings. The number of pyridine rings is 1. The first kappa shape index (κ1) is 9.00. The molecule has 12 heavy (non-hydrogen) atoms. The maximum atomic E-state index is 10.00. The number of halogens is 1. The van der Waals surface area contributed by atoms with Crippen molar-refractivity contribution in [1.82, 2.24) is 4.98 Å². The van der Waals surface area contributed by atoms with E-state index in [2.05, 4.69) is 4.98 Å². The molecule has 0 N–H and O–H groups in total. The lowest BCUT2D eigenvalue weighted by Gasteiger charge is -2.08. The molecule has 0 spiro atoms. The lowest BCUT2D eigenvalue weighted by atomic mass is 10.2. The third-order valence-electron chi connectivity index (χ3n) is 1.46. The topological polar surface area (TPSA) is 39.2 Å². The Morgan fingerprint density at radius 2 is 2.42 bits per heavy atom. The van der Waals surface area contributed by atoms with Crippen LogP contribution in [0.4, 0.5) is 0 Å². The van der Waals surface area contributed by atoms with Gasteiger partial charge in [-0.2, -0.15) is 0 Å². The number of carbonyl (C=O) groups excluding carboxylic acids is 1. The number of carbonyl (C=O) groups is 1. The van der Waals surface area contributed by atoms with Gasteiger partial charge in [0.25, 0.3) is 6.47 Å². The maximum Gasteiger partial charge on any atom is 0.293 e. The molecule has 64 valence electrons. The van der Waals surface area contributed by atoms with Crippen LogP contribution >= 0.6 is 11.6 Å². The first-order valence-electron chi connectivity index (χ1n) is 3.43. The Hall–Kier alpha value is -1.09. The Labute approximate surface area is 75.3 Å². The van der Waals surface area contributed by atoms with E-state index in [1.165, 1.54) is 6.20 Å².